The lowest BCUT2D eigenvalue weighted by Gasteiger charge is -2.12. The Balaban J connectivity index is 2.80. The molecule has 0 fully saturated rings. The van der Waals surface area contributed by atoms with E-state index in [2.05, 4.69) is 4.98 Å². The Morgan fingerprint density at radius 2 is 2.05 bits per heavy atom. The molecule has 1 heterocycles. The number of hydrogen-bond donors (Lipinski definition) is 2. The number of aromatic nitrogens is 2. The molecule has 20 heavy (non-hydrogen) atoms. The molecular formula is C14H16N2O4. The lowest BCUT2D eigenvalue weighted by Crippen LogP contribution is -2.37. The third-order valence-electron chi connectivity index (χ3n) is 3.15. The molecule has 2 aromatic rings. The number of fused-ring (bicyclic) bond motifs is 1. The molecule has 1 aromatic carbocycles. The van der Waals surface area contributed by atoms with Gasteiger partial charge in [0.05, 0.1) is 16.6 Å². The van der Waals surface area contributed by atoms with E-state index in [1.807, 2.05) is 13.8 Å². The number of carboxylic acid groups (broad SMARTS) is 1. The van der Waals surface area contributed by atoms with E-state index in [4.69, 9.17) is 0 Å². The van der Waals surface area contributed by atoms with E-state index in [0.717, 1.165) is 0 Å². The standard InChI is InChI=1S/C14H16N2O4/c1-8(2)6-7-16-11-9(14(19)20)4-3-5-10(11)15-12(17)13(16)18/h3-5,8H,6-7H2,1-2H3,(H,15,17)(H,19,20). The van der Waals surface area contributed by atoms with Gasteiger partial charge in [0.15, 0.2) is 0 Å². The van der Waals surface area contributed by atoms with Crippen LogP contribution in [0.4, 0.5) is 0 Å². The molecule has 0 saturated heterocycles. The monoisotopic (exact) mass is 276 g/mol. The number of aromatic amines is 1. The molecule has 106 valence electrons. The van der Waals surface area contributed by atoms with Gasteiger partial charge >= 0.3 is 17.1 Å². The summed E-state index contributed by atoms with van der Waals surface area (Å²) in [5.74, 6) is -0.784. The predicted octanol–water partition coefficient (Wildman–Crippen LogP) is 1.43. The van der Waals surface area contributed by atoms with Crippen molar-refractivity contribution in [3.05, 3.63) is 44.5 Å². The number of para-hydroxylation sites is 1. The maximum atomic E-state index is 12.0. The van der Waals surface area contributed by atoms with Crippen molar-refractivity contribution in [3.8, 4) is 0 Å². The van der Waals surface area contributed by atoms with E-state index in [1.54, 1.807) is 12.1 Å². The third kappa shape index (κ3) is 2.49. The molecule has 0 spiro atoms. The highest BCUT2D eigenvalue weighted by atomic mass is 16.4. The number of aromatic carboxylic acids is 1. The Morgan fingerprint density at radius 3 is 2.65 bits per heavy atom. The zero-order chi connectivity index (χ0) is 14.9. The highest BCUT2D eigenvalue weighted by Gasteiger charge is 2.15. The van der Waals surface area contributed by atoms with Gasteiger partial charge in [0.1, 0.15) is 0 Å². The summed E-state index contributed by atoms with van der Waals surface area (Å²) in [5, 5.41) is 9.24. The van der Waals surface area contributed by atoms with Crippen molar-refractivity contribution in [2.75, 3.05) is 0 Å². The van der Waals surface area contributed by atoms with Gasteiger partial charge in [0, 0.05) is 6.54 Å². The smallest absolute Gasteiger partial charge is 0.337 e. The van der Waals surface area contributed by atoms with Gasteiger partial charge in [-0.3, -0.25) is 9.59 Å². The molecule has 0 atom stereocenters. The van der Waals surface area contributed by atoms with E-state index < -0.39 is 17.1 Å². The summed E-state index contributed by atoms with van der Waals surface area (Å²) in [6.07, 6.45) is 0.687. The first kappa shape index (κ1) is 14.0. The number of carboxylic acids is 1. The molecular weight excluding hydrogens is 260 g/mol. The number of carbonyl (C=O) groups is 1. The van der Waals surface area contributed by atoms with Crippen molar-refractivity contribution in [3.63, 3.8) is 0 Å². The zero-order valence-corrected chi connectivity index (χ0v) is 11.3. The second-order valence-corrected chi connectivity index (χ2v) is 5.10. The van der Waals surface area contributed by atoms with Crippen LogP contribution < -0.4 is 11.1 Å². The van der Waals surface area contributed by atoms with E-state index in [-0.39, 0.29) is 11.1 Å². The van der Waals surface area contributed by atoms with Crippen molar-refractivity contribution in [1.82, 2.24) is 9.55 Å². The van der Waals surface area contributed by atoms with E-state index in [1.165, 1.54) is 10.6 Å². The van der Waals surface area contributed by atoms with E-state index >= 15 is 0 Å². The van der Waals surface area contributed by atoms with Gasteiger partial charge in [-0.05, 0) is 24.5 Å². The highest BCUT2D eigenvalue weighted by molar-refractivity contribution is 6.00. The summed E-state index contributed by atoms with van der Waals surface area (Å²) < 4.78 is 1.26. The normalized spacial score (nSPS) is 11.2. The quantitative estimate of drug-likeness (QED) is 0.826. The molecule has 0 saturated carbocycles. The highest BCUT2D eigenvalue weighted by Crippen LogP contribution is 2.16. The molecule has 2 rings (SSSR count). The van der Waals surface area contributed by atoms with E-state index in [9.17, 15) is 19.5 Å². The molecule has 0 radical (unpaired) electrons. The molecule has 0 bridgehead atoms. The topological polar surface area (TPSA) is 92.2 Å². The van der Waals surface area contributed by atoms with Crippen LogP contribution >= 0.6 is 0 Å². The second kappa shape index (κ2) is 5.32. The first-order chi connectivity index (χ1) is 9.41. The fourth-order valence-electron chi connectivity index (χ4n) is 2.11. The van der Waals surface area contributed by atoms with Crippen LogP contribution in [0.1, 0.15) is 30.6 Å². The average Bonchev–Trinajstić information content (AvgIpc) is 2.38. The number of rotatable bonds is 4. The van der Waals surface area contributed by atoms with Gasteiger partial charge in [-0.2, -0.15) is 0 Å². The molecule has 0 aliphatic rings. The Kier molecular flexibility index (Phi) is 3.74. The minimum Gasteiger partial charge on any atom is -0.478 e. The predicted molar refractivity (Wildman–Crippen MR) is 75.2 cm³/mol. The average molecular weight is 276 g/mol. The number of nitrogens with zero attached hydrogens (tertiary/aromatic N) is 1. The number of hydrogen-bond acceptors (Lipinski definition) is 3. The summed E-state index contributed by atoms with van der Waals surface area (Å²) >= 11 is 0. The molecule has 2 N–H and O–H groups in total. The largest absolute Gasteiger partial charge is 0.478 e. The zero-order valence-electron chi connectivity index (χ0n) is 11.3. The minimum atomic E-state index is -1.12. The maximum Gasteiger partial charge on any atom is 0.337 e. The molecule has 0 aliphatic heterocycles. The van der Waals surface area contributed by atoms with Crippen LogP contribution in [0.3, 0.4) is 0 Å². The van der Waals surface area contributed by atoms with Crippen LogP contribution in [0, 0.1) is 5.92 Å². The van der Waals surface area contributed by atoms with Crippen LogP contribution in [0.25, 0.3) is 11.0 Å². The molecule has 6 nitrogen and oxygen atoms in total. The summed E-state index contributed by atoms with van der Waals surface area (Å²) in [4.78, 5) is 37.4. The van der Waals surface area contributed by atoms with Gasteiger partial charge in [0.2, 0.25) is 0 Å². The van der Waals surface area contributed by atoms with Crippen LogP contribution in [0.5, 0.6) is 0 Å². The lowest BCUT2D eigenvalue weighted by molar-refractivity contribution is 0.0698. The summed E-state index contributed by atoms with van der Waals surface area (Å²) in [5.41, 5.74) is -0.807. The molecule has 0 unspecified atom stereocenters. The van der Waals surface area contributed by atoms with Gasteiger partial charge in [-0.15, -0.1) is 0 Å². The van der Waals surface area contributed by atoms with Gasteiger partial charge in [0.25, 0.3) is 0 Å². The van der Waals surface area contributed by atoms with E-state index in [0.29, 0.717) is 24.4 Å². The number of benzene rings is 1. The van der Waals surface area contributed by atoms with Crippen LogP contribution in [-0.4, -0.2) is 20.6 Å². The Labute approximate surface area is 114 Å². The molecule has 6 heteroatoms. The summed E-state index contributed by atoms with van der Waals surface area (Å²) in [6.45, 7) is 4.32. The maximum absolute atomic E-state index is 12.0. The number of nitrogens with one attached hydrogen (secondary N) is 1. The van der Waals surface area contributed by atoms with Gasteiger partial charge in [-0.1, -0.05) is 19.9 Å². The first-order valence-corrected chi connectivity index (χ1v) is 6.41. The van der Waals surface area contributed by atoms with Gasteiger partial charge < -0.3 is 14.7 Å². The molecule has 0 amide bonds. The first-order valence-electron chi connectivity index (χ1n) is 6.41. The van der Waals surface area contributed by atoms with Gasteiger partial charge in [-0.25, -0.2) is 4.79 Å². The summed E-state index contributed by atoms with van der Waals surface area (Å²) in [6, 6.07) is 4.56. The van der Waals surface area contributed by atoms with Crippen molar-refractivity contribution < 1.29 is 9.90 Å². The number of H-pyrrole nitrogens is 1. The third-order valence-corrected chi connectivity index (χ3v) is 3.15. The van der Waals surface area contributed by atoms with Crippen LogP contribution in [0.15, 0.2) is 27.8 Å². The fourth-order valence-corrected chi connectivity index (χ4v) is 2.11. The SMILES string of the molecule is CC(C)CCn1c(=O)c(=O)[nH]c2cccc(C(=O)O)c21. The molecule has 0 aliphatic carbocycles. The number of aryl methyl sites for hydroxylation is 1. The Hall–Kier alpha value is -2.37. The Bertz CT molecular complexity index is 771. The minimum absolute atomic E-state index is 0.0135. The Morgan fingerprint density at radius 1 is 1.35 bits per heavy atom. The fraction of sp³-hybridized carbons (Fsp3) is 0.357. The van der Waals surface area contributed by atoms with Crippen molar-refractivity contribution in [1.29, 1.82) is 0 Å². The van der Waals surface area contributed by atoms with Crippen molar-refractivity contribution in [2.24, 2.45) is 5.92 Å². The van der Waals surface area contributed by atoms with Crippen molar-refractivity contribution >= 4 is 17.0 Å². The molecule has 1 aromatic heterocycles. The lowest BCUT2D eigenvalue weighted by atomic mass is 10.1. The second-order valence-electron chi connectivity index (χ2n) is 5.10. The van der Waals surface area contributed by atoms with Crippen LogP contribution in [0.2, 0.25) is 0 Å². The summed E-state index contributed by atoms with van der Waals surface area (Å²) in [7, 11) is 0. The van der Waals surface area contributed by atoms with Crippen molar-refractivity contribution in [2.45, 2.75) is 26.8 Å². The van der Waals surface area contributed by atoms with Crippen LogP contribution in [-0.2, 0) is 6.54 Å².